The summed E-state index contributed by atoms with van der Waals surface area (Å²) in [6, 6.07) is 12.7. The number of benzene rings is 1. The highest BCUT2D eigenvalue weighted by atomic mass is 32.2. The number of nitrogens with one attached hydrogen (secondary N) is 1. The minimum absolute atomic E-state index is 0.214. The molecule has 0 atom stereocenters. The Bertz CT molecular complexity index is 1590. The van der Waals surface area contributed by atoms with Crippen molar-refractivity contribution >= 4 is 33.6 Å². The van der Waals surface area contributed by atoms with Crippen LogP contribution in [0.5, 0.6) is 5.75 Å². The van der Waals surface area contributed by atoms with Crippen molar-refractivity contribution in [1.82, 2.24) is 29.3 Å². The van der Waals surface area contributed by atoms with E-state index in [-0.39, 0.29) is 11.1 Å². The first kappa shape index (κ1) is 21.0. The Morgan fingerprint density at radius 2 is 1.70 bits per heavy atom. The third kappa shape index (κ3) is 3.89. The molecule has 166 valence electrons. The van der Waals surface area contributed by atoms with E-state index in [1.807, 2.05) is 31.2 Å². The van der Waals surface area contributed by atoms with Gasteiger partial charge in [0.25, 0.3) is 11.1 Å². The van der Waals surface area contributed by atoms with E-state index >= 15 is 0 Å². The number of thioether (sulfide) groups is 1. The summed E-state index contributed by atoms with van der Waals surface area (Å²) in [6.45, 7) is 2.40. The van der Waals surface area contributed by atoms with Crippen molar-refractivity contribution in [3.05, 3.63) is 81.1 Å². The molecule has 0 bridgehead atoms. The van der Waals surface area contributed by atoms with Crippen molar-refractivity contribution in [2.24, 2.45) is 0 Å². The summed E-state index contributed by atoms with van der Waals surface area (Å²) in [6.07, 6.45) is 3.33. The Labute approximate surface area is 192 Å². The molecule has 1 aromatic carbocycles. The number of hydrogen-bond acceptors (Lipinski definition) is 7. The van der Waals surface area contributed by atoms with Crippen molar-refractivity contribution in [2.75, 3.05) is 12.9 Å². The Morgan fingerprint density at radius 3 is 2.42 bits per heavy atom. The molecule has 0 fully saturated rings. The van der Waals surface area contributed by atoms with Crippen molar-refractivity contribution in [1.29, 1.82) is 0 Å². The zero-order chi connectivity index (χ0) is 22.9. The van der Waals surface area contributed by atoms with E-state index in [1.54, 1.807) is 42.3 Å². The highest BCUT2D eigenvalue weighted by Crippen LogP contribution is 2.17. The highest BCUT2D eigenvalue weighted by Gasteiger charge is 2.13. The van der Waals surface area contributed by atoms with E-state index in [9.17, 15) is 9.59 Å². The lowest BCUT2D eigenvalue weighted by molar-refractivity contribution is 0.414. The summed E-state index contributed by atoms with van der Waals surface area (Å²) in [5.74, 6) is 1.90. The maximum Gasteiger partial charge on any atom is 0.266 e. The van der Waals surface area contributed by atoms with Crippen LogP contribution >= 0.6 is 11.8 Å². The molecule has 0 unspecified atom stereocenters. The molecule has 0 radical (unpaired) electrons. The molecular formula is C23H20N6O3S. The van der Waals surface area contributed by atoms with Crippen molar-refractivity contribution < 1.29 is 4.74 Å². The van der Waals surface area contributed by atoms with E-state index in [0.717, 1.165) is 17.1 Å². The molecule has 0 aliphatic heterocycles. The molecule has 0 aliphatic rings. The van der Waals surface area contributed by atoms with E-state index in [4.69, 9.17) is 4.74 Å². The van der Waals surface area contributed by atoms with Gasteiger partial charge in [0.1, 0.15) is 5.75 Å². The van der Waals surface area contributed by atoms with Crippen molar-refractivity contribution in [2.45, 2.75) is 18.6 Å². The average molecular weight is 461 g/mol. The minimum Gasteiger partial charge on any atom is -0.497 e. The Morgan fingerprint density at radius 1 is 0.970 bits per heavy atom. The monoisotopic (exact) mass is 460 g/mol. The standard InChI is InChI=1S/C23H20N6O3S/c1-3-33-23-25-22(26-27-23)29-11-9-19-17(21(29)31)12-16-18(24-19)8-10-28(20(16)30)13-14-4-6-15(32-2)7-5-14/h4-12H,3,13H2,1-2H3,(H,25,26,27). The summed E-state index contributed by atoms with van der Waals surface area (Å²) in [7, 11) is 1.61. The van der Waals surface area contributed by atoms with Gasteiger partial charge < -0.3 is 9.30 Å². The predicted molar refractivity (Wildman–Crippen MR) is 128 cm³/mol. The molecule has 1 N–H and O–H groups in total. The molecule has 9 nitrogen and oxygen atoms in total. The molecule has 0 aliphatic carbocycles. The second-order valence-electron chi connectivity index (χ2n) is 7.32. The Kier molecular flexibility index (Phi) is 5.43. The Balaban J connectivity index is 1.59. The van der Waals surface area contributed by atoms with Crippen LogP contribution in [0.3, 0.4) is 0 Å². The average Bonchev–Trinajstić information content (AvgIpc) is 3.29. The van der Waals surface area contributed by atoms with E-state index in [1.165, 1.54) is 16.3 Å². The number of aromatic nitrogens is 6. The van der Waals surface area contributed by atoms with Crippen LogP contribution in [0.2, 0.25) is 0 Å². The van der Waals surface area contributed by atoms with Crippen LogP contribution in [0, 0.1) is 0 Å². The molecule has 0 saturated heterocycles. The smallest absolute Gasteiger partial charge is 0.266 e. The molecule has 0 spiro atoms. The third-order valence-electron chi connectivity index (χ3n) is 5.28. The zero-order valence-electron chi connectivity index (χ0n) is 18.0. The van der Waals surface area contributed by atoms with Crippen molar-refractivity contribution in [3.63, 3.8) is 0 Å². The summed E-state index contributed by atoms with van der Waals surface area (Å²) in [5.41, 5.74) is 1.47. The SMILES string of the molecule is CCSc1n[nH]c(-n2ccc3nc4ccn(Cc5ccc(OC)cc5)c(=O)c4cc3c2=O)n1. The number of nitrogens with zero attached hydrogens (tertiary/aromatic N) is 5. The van der Waals surface area contributed by atoms with Gasteiger partial charge in [-0.1, -0.05) is 30.8 Å². The molecule has 5 rings (SSSR count). The molecular weight excluding hydrogens is 440 g/mol. The lowest BCUT2D eigenvalue weighted by Gasteiger charge is -2.09. The van der Waals surface area contributed by atoms with Gasteiger partial charge in [-0.25, -0.2) is 10.1 Å². The van der Waals surface area contributed by atoms with E-state index in [0.29, 0.717) is 39.5 Å². The fourth-order valence-corrected chi connectivity index (χ4v) is 4.14. The highest BCUT2D eigenvalue weighted by molar-refractivity contribution is 7.99. The van der Waals surface area contributed by atoms with Crippen LogP contribution in [-0.2, 0) is 6.54 Å². The number of H-pyrrole nitrogens is 1. The van der Waals surface area contributed by atoms with Gasteiger partial charge in [0.2, 0.25) is 11.1 Å². The van der Waals surface area contributed by atoms with E-state index in [2.05, 4.69) is 20.2 Å². The third-order valence-corrected chi connectivity index (χ3v) is 6.01. The number of ether oxygens (including phenoxy) is 1. The molecule has 10 heteroatoms. The fourth-order valence-electron chi connectivity index (χ4n) is 3.62. The number of hydrogen-bond donors (Lipinski definition) is 1. The molecule has 4 heterocycles. The summed E-state index contributed by atoms with van der Waals surface area (Å²) < 4.78 is 8.17. The van der Waals surface area contributed by atoms with Crippen LogP contribution in [-0.4, -0.2) is 42.2 Å². The van der Waals surface area contributed by atoms with Crippen LogP contribution in [0.15, 0.2) is 69.6 Å². The van der Waals surface area contributed by atoms with Gasteiger partial charge in [-0.15, -0.1) is 5.10 Å². The fraction of sp³-hybridized carbons (Fsp3) is 0.174. The van der Waals surface area contributed by atoms with Gasteiger partial charge in [0.15, 0.2) is 0 Å². The maximum absolute atomic E-state index is 13.2. The first-order chi connectivity index (χ1) is 16.1. The summed E-state index contributed by atoms with van der Waals surface area (Å²) in [4.78, 5) is 35.3. The van der Waals surface area contributed by atoms with Gasteiger partial charge >= 0.3 is 0 Å². The van der Waals surface area contributed by atoms with Gasteiger partial charge in [-0.2, -0.15) is 4.98 Å². The van der Waals surface area contributed by atoms with Crippen LogP contribution in [0.1, 0.15) is 12.5 Å². The van der Waals surface area contributed by atoms with Gasteiger partial charge in [-0.3, -0.25) is 14.2 Å². The first-order valence-corrected chi connectivity index (χ1v) is 11.3. The Hall–Kier alpha value is -3.92. The van der Waals surface area contributed by atoms with Crippen LogP contribution in [0.25, 0.3) is 27.8 Å². The normalized spacial score (nSPS) is 11.3. The number of rotatable bonds is 6. The lowest BCUT2D eigenvalue weighted by atomic mass is 10.1. The van der Waals surface area contributed by atoms with Gasteiger partial charge in [0.05, 0.1) is 35.5 Å². The maximum atomic E-state index is 13.2. The van der Waals surface area contributed by atoms with Gasteiger partial charge in [0, 0.05) is 12.4 Å². The van der Waals surface area contributed by atoms with Crippen molar-refractivity contribution in [3.8, 4) is 11.7 Å². The minimum atomic E-state index is -0.323. The summed E-state index contributed by atoms with van der Waals surface area (Å²) in [5, 5.41) is 8.20. The van der Waals surface area contributed by atoms with Crippen LogP contribution < -0.4 is 15.9 Å². The predicted octanol–water partition coefficient (Wildman–Crippen LogP) is 2.99. The number of fused-ring (bicyclic) bond motifs is 2. The van der Waals surface area contributed by atoms with Gasteiger partial charge in [-0.05, 0) is 41.6 Å². The van der Waals surface area contributed by atoms with E-state index < -0.39 is 0 Å². The second-order valence-corrected chi connectivity index (χ2v) is 8.55. The molecule has 33 heavy (non-hydrogen) atoms. The number of methoxy groups -OCH3 is 1. The number of pyridine rings is 3. The lowest BCUT2D eigenvalue weighted by Crippen LogP contribution is -2.22. The molecule has 0 amide bonds. The van der Waals surface area contributed by atoms with Crippen LogP contribution in [0.4, 0.5) is 0 Å². The molecule has 4 aromatic heterocycles. The molecule has 5 aromatic rings. The largest absolute Gasteiger partial charge is 0.497 e. The zero-order valence-corrected chi connectivity index (χ0v) is 18.8. The number of aromatic amines is 1. The first-order valence-electron chi connectivity index (χ1n) is 10.3. The summed E-state index contributed by atoms with van der Waals surface area (Å²) >= 11 is 1.48. The quantitative estimate of drug-likeness (QED) is 0.307. The topological polar surface area (TPSA) is 108 Å². The second kappa shape index (κ2) is 8.55. The molecule has 0 saturated carbocycles.